The Morgan fingerprint density at radius 1 is 1.17 bits per heavy atom. The van der Waals surface area contributed by atoms with E-state index >= 15 is 0 Å². The summed E-state index contributed by atoms with van der Waals surface area (Å²) in [5, 5.41) is 9.33. The summed E-state index contributed by atoms with van der Waals surface area (Å²) in [7, 11) is -2.85. The number of hydrogen-bond acceptors (Lipinski definition) is 3. The molecule has 1 saturated carbocycles. The topological polar surface area (TPSA) is 54.4 Å². The molecule has 0 unspecified atom stereocenters. The van der Waals surface area contributed by atoms with Gasteiger partial charge >= 0.3 is 0 Å². The fraction of sp³-hybridized carbons (Fsp3) is 1.00. The Morgan fingerprint density at radius 2 is 1.92 bits per heavy atom. The van der Waals surface area contributed by atoms with Gasteiger partial charge in [-0.2, -0.15) is 0 Å². The van der Waals surface area contributed by atoms with Crippen LogP contribution in [0.5, 0.6) is 0 Å². The van der Waals surface area contributed by atoms with Gasteiger partial charge in [0.1, 0.15) is 0 Å². The Bertz CT molecular complexity index is 270. The van der Waals surface area contributed by atoms with Gasteiger partial charge in [-0.05, 0) is 19.3 Å². The lowest BCUT2D eigenvalue weighted by molar-refractivity contribution is 0.103. The highest BCUT2D eigenvalue weighted by atomic mass is 32.2. The molecular weight excluding hydrogens is 176 g/mol. The first kappa shape index (κ1) is 8.51. The molecule has 0 spiro atoms. The summed E-state index contributed by atoms with van der Waals surface area (Å²) < 4.78 is 23.0. The van der Waals surface area contributed by atoms with Gasteiger partial charge in [0.25, 0.3) is 0 Å². The summed E-state index contributed by atoms with van der Waals surface area (Å²) in [4.78, 5) is 0. The fourth-order valence-electron chi connectivity index (χ4n) is 2.49. The fourth-order valence-corrected chi connectivity index (χ4v) is 4.74. The van der Waals surface area contributed by atoms with Gasteiger partial charge in [-0.15, -0.1) is 0 Å². The van der Waals surface area contributed by atoms with Crippen molar-refractivity contribution in [2.45, 2.75) is 37.0 Å². The minimum Gasteiger partial charge on any atom is -0.393 e. The molecule has 1 saturated heterocycles. The van der Waals surface area contributed by atoms with E-state index in [9.17, 15) is 13.5 Å². The molecule has 12 heavy (non-hydrogen) atoms. The van der Waals surface area contributed by atoms with Gasteiger partial charge < -0.3 is 5.11 Å². The average molecular weight is 190 g/mol. The zero-order valence-corrected chi connectivity index (χ0v) is 7.76. The molecule has 0 aromatic rings. The van der Waals surface area contributed by atoms with Gasteiger partial charge in [-0.1, -0.05) is 6.42 Å². The largest absolute Gasteiger partial charge is 0.393 e. The molecule has 0 amide bonds. The van der Waals surface area contributed by atoms with Crippen molar-refractivity contribution in [3.63, 3.8) is 0 Å². The van der Waals surface area contributed by atoms with E-state index in [-0.39, 0.29) is 23.0 Å². The Labute approximate surface area is 72.7 Å². The van der Waals surface area contributed by atoms with E-state index in [1.165, 1.54) is 0 Å². The van der Waals surface area contributed by atoms with Gasteiger partial charge in [0.05, 0.1) is 17.1 Å². The van der Waals surface area contributed by atoms with Crippen LogP contribution < -0.4 is 0 Å². The molecule has 2 fully saturated rings. The van der Waals surface area contributed by atoms with E-state index in [4.69, 9.17) is 0 Å². The van der Waals surface area contributed by atoms with E-state index in [0.29, 0.717) is 6.42 Å². The second kappa shape index (κ2) is 2.70. The van der Waals surface area contributed by atoms with E-state index in [1.807, 2.05) is 0 Å². The Kier molecular flexibility index (Phi) is 1.92. The average Bonchev–Trinajstić information content (AvgIpc) is 2.46. The normalized spacial score (nSPS) is 45.6. The third-order valence-corrected chi connectivity index (χ3v) is 5.47. The standard InChI is InChI=1S/C8H14O3S/c9-7-4-5-12(10,11)8-3-1-2-6(7)8/h6-9H,1-5H2/t6-,7+,8+/m1/s1. The predicted octanol–water partition coefficient (Wildman–Crippen LogP) is 0.335. The number of rotatable bonds is 0. The van der Waals surface area contributed by atoms with Crippen molar-refractivity contribution in [3.8, 4) is 0 Å². The molecule has 1 aliphatic heterocycles. The molecule has 1 N–H and O–H groups in total. The zero-order chi connectivity index (χ0) is 8.77. The van der Waals surface area contributed by atoms with Crippen LogP contribution in [0.15, 0.2) is 0 Å². The monoisotopic (exact) mass is 190 g/mol. The number of fused-ring (bicyclic) bond motifs is 1. The second-order valence-corrected chi connectivity index (χ2v) is 6.20. The second-order valence-electron chi connectivity index (χ2n) is 3.86. The maximum atomic E-state index is 11.5. The molecule has 0 aromatic heterocycles. The molecule has 2 rings (SSSR count). The lowest BCUT2D eigenvalue weighted by Gasteiger charge is -2.29. The van der Waals surface area contributed by atoms with Crippen LogP contribution in [0.25, 0.3) is 0 Å². The first-order chi connectivity index (χ1) is 5.61. The van der Waals surface area contributed by atoms with Gasteiger partial charge in [-0.3, -0.25) is 0 Å². The summed E-state index contributed by atoms with van der Waals surface area (Å²) in [6, 6.07) is 0. The lowest BCUT2D eigenvalue weighted by Crippen LogP contribution is -2.41. The van der Waals surface area contributed by atoms with Crippen LogP contribution >= 0.6 is 0 Å². The molecule has 70 valence electrons. The number of sulfone groups is 1. The first-order valence-corrected chi connectivity index (χ1v) is 6.22. The van der Waals surface area contributed by atoms with Crippen LogP contribution in [0.3, 0.4) is 0 Å². The van der Waals surface area contributed by atoms with E-state index in [1.54, 1.807) is 0 Å². The molecule has 4 heteroatoms. The van der Waals surface area contributed by atoms with Crippen LogP contribution in [0.2, 0.25) is 0 Å². The van der Waals surface area contributed by atoms with E-state index in [2.05, 4.69) is 0 Å². The Morgan fingerprint density at radius 3 is 2.58 bits per heavy atom. The highest BCUT2D eigenvalue weighted by molar-refractivity contribution is 7.92. The van der Waals surface area contributed by atoms with Crippen LogP contribution in [-0.2, 0) is 9.84 Å². The van der Waals surface area contributed by atoms with Crippen molar-refractivity contribution in [1.29, 1.82) is 0 Å². The van der Waals surface area contributed by atoms with Crippen LogP contribution in [0.1, 0.15) is 25.7 Å². The van der Waals surface area contributed by atoms with Gasteiger partial charge in [-0.25, -0.2) is 8.42 Å². The van der Waals surface area contributed by atoms with Crippen molar-refractivity contribution in [1.82, 2.24) is 0 Å². The molecule has 0 bridgehead atoms. The van der Waals surface area contributed by atoms with Gasteiger partial charge in [0, 0.05) is 5.92 Å². The van der Waals surface area contributed by atoms with E-state index < -0.39 is 9.84 Å². The predicted molar refractivity (Wildman–Crippen MR) is 45.5 cm³/mol. The molecular formula is C8H14O3S. The number of aliphatic hydroxyl groups is 1. The maximum Gasteiger partial charge on any atom is 0.153 e. The van der Waals surface area contributed by atoms with Gasteiger partial charge in [0.2, 0.25) is 0 Å². The SMILES string of the molecule is O=S1(=O)CC[C@H](O)[C@H]2CCC[C@@H]21. The molecule has 3 nitrogen and oxygen atoms in total. The maximum absolute atomic E-state index is 11.5. The molecule has 1 aliphatic carbocycles. The van der Waals surface area contributed by atoms with Crippen LogP contribution in [0, 0.1) is 5.92 Å². The minimum atomic E-state index is -2.85. The van der Waals surface area contributed by atoms with Crippen molar-refractivity contribution in [2.24, 2.45) is 5.92 Å². The number of aliphatic hydroxyl groups excluding tert-OH is 1. The zero-order valence-electron chi connectivity index (χ0n) is 6.94. The quantitative estimate of drug-likeness (QED) is 0.599. The minimum absolute atomic E-state index is 0.0451. The summed E-state index contributed by atoms with van der Waals surface area (Å²) >= 11 is 0. The lowest BCUT2D eigenvalue weighted by atomic mass is 9.98. The summed E-state index contributed by atoms with van der Waals surface area (Å²) in [5.74, 6) is 0.235. The van der Waals surface area contributed by atoms with Crippen molar-refractivity contribution < 1.29 is 13.5 Å². The van der Waals surface area contributed by atoms with Crippen LogP contribution in [0.4, 0.5) is 0 Å². The highest BCUT2D eigenvalue weighted by Crippen LogP contribution is 2.38. The smallest absolute Gasteiger partial charge is 0.153 e. The molecule has 2 aliphatic rings. The molecule has 3 atom stereocenters. The van der Waals surface area contributed by atoms with Gasteiger partial charge in [0.15, 0.2) is 9.84 Å². The number of hydrogen-bond donors (Lipinski definition) is 1. The molecule has 0 radical (unpaired) electrons. The third-order valence-electron chi connectivity index (χ3n) is 3.16. The summed E-state index contributed by atoms with van der Waals surface area (Å²) in [5.41, 5.74) is 0. The van der Waals surface area contributed by atoms with Crippen molar-refractivity contribution in [2.75, 3.05) is 5.75 Å². The van der Waals surface area contributed by atoms with Crippen molar-refractivity contribution >= 4 is 9.84 Å². The Hall–Kier alpha value is -0.0900. The van der Waals surface area contributed by atoms with Crippen molar-refractivity contribution in [3.05, 3.63) is 0 Å². The van der Waals surface area contributed by atoms with Crippen LogP contribution in [-0.4, -0.2) is 30.6 Å². The summed E-state index contributed by atoms with van der Waals surface area (Å²) in [6.07, 6.45) is 2.71. The molecule has 1 heterocycles. The highest BCUT2D eigenvalue weighted by Gasteiger charge is 2.44. The molecule has 0 aromatic carbocycles. The van der Waals surface area contributed by atoms with E-state index in [0.717, 1.165) is 19.3 Å². The first-order valence-electron chi connectivity index (χ1n) is 4.51. The third kappa shape index (κ3) is 1.17. The summed E-state index contributed by atoms with van der Waals surface area (Å²) in [6.45, 7) is 0. The Balaban J connectivity index is 2.28.